The van der Waals surface area contributed by atoms with Crippen LogP contribution >= 0.6 is 11.6 Å². The van der Waals surface area contributed by atoms with Crippen LogP contribution in [0.5, 0.6) is 5.75 Å². The lowest BCUT2D eigenvalue weighted by Crippen LogP contribution is -1.99. The van der Waals surface area contributed by atoms with E-state index in [0.29, 0.717) is 11.6 Å². The van der Waals surface area contributed by atoms with Crippen LogP contribution in [0.4, 0.5) is 5.69 Å². The number of ether oxygens (including phenoxy) is 1. The number of esters is 1. The molecule has 0 fully saturated rings. The lowest BCUT2D eigenvalue weighted by molar-refractivity contribution is -0.134. The van der Waals surface area contributed by atoms with Crippen LogP contribution in [-0.2, 0) is 16.1 Å². The van der Waals surface area contributed by atoms with E-state index in [0.717, 1.165) is 16.8 Å². The second kappa shape index (κ2) is 7.52. The number of hydrogen-bond acceptors (Lipinski definition) is 4. The molecule has 2 N–H and O–H groups in total. The quantitative estimate of drug-likeness (QED) is 0.649. The fourth-order valence-corrected chi connectivity index (χ4v) is 2.03. The van der Waals surface area contributed by atoms with E-state index in [4.69, 9.17) is 11.6 Å². The third-order valence-corrected chi connectivity index (χ3v) is 3.28. The number of rotatable bonds is 5. The molecule has 2 aromatic carbocycles. The van der Waals surface area contributed by atoms with Crippen molar-refractivity contribution in [1.82, 2.24) is 0 Å². The van der Waals surface area contributed by atoms with Gasteiger partial charge in [0.15, 0.2) is 0 Å². The van der Waals surface area contributed by atoms with Gasteiger partial charge in [0, 0.05) is 28.9 Å². The predicted molar refractivity (Wildman–Crippen MR) is 87.9 cm³/mol. The predicted octanol–water partition coefficient (Wildman–Crippen LogP) is 3.84. The van der Waals surface area contributed by atoms with Crippen LogP contribution in [0.2, 0.25) is 5.02 Å². The second-order valence-corrected chi connectivity index (χ2v) is 5.04. The zero-order valence-electron chi connectivity index (χ0n) is 12.0. The van der Waals surface area contributed by atoms with Crippen molar-refractivity contribution in [2.24, 2.45) is 0 Å². The van der Waals surface area contributed by atoms with Crippen molar-refractivity contribution in [2.45, 2.75) is 6.54 Å². The van der Waals surface area contributed by atoms with E-state index >= 15 is 0 Å². The normalized spacial score (nSPS) is 10.6. The maximum atomic E-state index is 11.0. The van der Waals surface area contributed by atoms with Crippen LogP contribution in [0.15, 0.2) is 48.5 Å². The van der Waals surface area contributed by atoms with Crippen LogP contribution in [0.25, 0.3) is 6.08 Å². The molecule has 0 atom stereocenters. The molecule has 0 aliphatic rings. The molecule has 0 spiro atoms. The third-order valence-electron chi connectivity index (χ3n) is 3.05. The van der Waals surface area contributed by atoms with Gasteiger partial charge in [-0.05, 0) is 42.0 Å². The van der Waals surface area contributed by atoms with Crippen LogP contribution in [0.3, 0.4) is 0 Å². The highest BCUT2D eigenvalue weighted by atomic mass is 35.5. The number of methoxy groups -OCH3 is 1. The van der Waals surface area contributed by atoms with E-state index in [-0.39, 0.29) is 5.75 Å². The number of aromatic hydroxyl groups is 1. The second-order valence-electron chi connectivity index (χ2n) is 4.61. The summed E-state index contributed by atoms with van der Waals surface area (Å²) in [6.07, 6.45) is 3.05. The fourth-order valence-electron chi connectivity index (χ4n) is 1.84. The minimum atomic E-state index is -0.390. The fraction of sp³-hybridized carbons (Fsp3) is 0.118. The van der Waals surface area contributed by atoms with Gasteiger partial charge in [-0.25, -0.2) is 4.79 Å². The van der Waals surface area contributed by atoms with Crippen molar-refractivity contribution < 1.29 is 14.6 Å². The largest absolute Gasteiger partial charge is 0.508 e. The first-order chi connectivity index (χ1) is 10.6. The summed E-state index contributed by atoms with van der Waals surface area (Å²) in [6, 6.07) is 12.5. The summed E-state index contributed by atoms with van der Waals surface area (Å²) in [5.41, 5.74) is 2.51. The molecule has 0 aliphatic carbocycles. The molecule has 0 amide bonds. The van der Waals surface area contributed by atoms with Crippen molar-refractivity contribution in [2.75, 3.05) is 12.4 Å². The van der Waals surface area contributed by atoms with Gasteiger partial charge < -0.3 is 15.2 Å². The summed E-state index contributed by atoms with van der Waals surface area (Å²) >= 11 is 5.91. The molecule has 2 aromatic rings. The van der Waals surface area contributed by atoms with Crippen molar-refractivity contribution in [3.05, 3.63) is 64.7 Å². The average molecular weight is 318 g/mol. The number of carbonyl (C=O) groups is 1. The SMILES string of the molecule is COC(=O)/C=C/c1ccc(NCc2cc(Cl)ccc2O)cc1. The summed E-state index contributed by atoms with van der Waals surface area (Å²) < 4.78 is 4.53. The molecule has 4 nitrogen and oxygen atoms in total. The lowest BCUT2D eigenvalue weighted by Gasteiger charge is -2.09. The number of anilines is 1. The Balaban J connectivity index is 1.98. The molecule has 114 valence electrons. The minimum Gasteiger partial charge on any atom is -0.508 e. The number of nitrogens with one attached hydrogen (secondary N) is 1. The number of phenolic OH excluding ortho intramolecular Hbond substituents is 1. The Labute approximate surface area is 134 Å². The van der Waals surface area contributed by atoms with E-state index in [1.54, 1.807) is 24.3 Å². The van der Waals surface area contributed by atoms with Crippen molar-refractivity contribution >= 4 is 29.3 Å². The van der Waals surface area contributed by atoms with E-state index in [1.807, 2.05) is 24.3 Å². The van der Waals surface area contributed by atoms with Gasteiger partial charge >= 0.3 is 5.97 Å². The van der Waals surface area contributed by atoms with Gasteiger partial charge in [0.2, 0.25) is 0 Å². The van der Waals surface area contributed by atoms with Crippen LogP contribution in [0, 0.1) is 0 Å². The molecule has 0 saturated heterocycles. The molecule has 5 heteroatoms. The van der Waals surface area contributed by atoms with E-state index in [2.05, 4.69) is 10.1 Å². The van der Waals surface area contributed by atoms with Gasteiger partial charge in [-0.1, -0.05) is 23.7 Å². The topological polar surface area (TPSA) is 58.6 Å². The minimum absolute atomic E-state index is 0.203. The molecular weight excluding hydrogens is 302 g/mol. The van der Waals surface area contributed by atoms with E-state index in [9.17, 15) is 9.90 Å². The van der Waals surface area contributed by atoms with Crippen molar-refractivity contribution in [3.63, 3.8) is 0 Å². The number of benzene rings is 2. The van der Waals surface area contributed by atoms with Crippen molar-refractivity contribution in [1.29, 1.82) is 0 Å². The monoisotopic (exact) mass is 317 g/mol. The van der Waals surface area contributed by atoms with E-state index in [1.165, 1.54) is 13.2 Å². The standard InChI is InChI=1S/C17H16ClNO3/c1-22-17(21)9-4-12-2-6-15(7-3-12)19-11-13-10-14(18)5-8-16(13)20/h2-10,19-20H,11H2,1H3/b9-4+. The molecule has 0 aromatic heterocycles. The van der Waals surface area contributed by atoms with Gasteiger partial charge in [0.05, 0.1) is 7.11 Å². The van der Waals surface area contributed by atoms with Crippen molar-refractivity contribution in [3.8, 4) is 5.75 Å². The lowest BCUT2D eigenvalue weighted by atomic mass is 10.1. The Bertz CT molecular complexity index is 681. The first-order valence-corrected chi connectivity index (χ1v) is 7.03. The van der Waals surface area contributed by atoms with Crippen LogP contribution in [-0.4, -0.2) is 18.2 Å². The summed E-state index contributed by atoms with van der Waals surface area (Å²) in [7, 11) is 1.34. The molecule has 22 heavy (non-hydrogen) atoms. The molecule has 0 aliphatic heterocycles. The Morgan fingerprint density at radius 3 is 2.68 bits per heavy atom. The average Bonchev–Trinajstić information content (AvgIpc) is 2.54. The van der Waals surface area contributed by atoms with Crippen LogP contribution < -0.4 is 5.32 Å². The zero-order chi connectivity index (χ0) is 15.9. The Morgan fingerprint density at radius 2 is 2.00 bits per heavy atom. The highest BCUT2D eigenvalue weighted by Gasteiger charge is 2.02. The Kier molecular flexibility index (Phi) is 5.44. The number of carbonyl (C=O) groups excluding carboxylic acids is 1. The molecule has 0 bridgehead atoms. The molecule has 0 heterocycles. The van der Waals surface area contributed by atoms with Gasteiger partial charge in [0.1, 0.15) is 5.75 Å². The summed E-state index contributed by atoms with van der Waals surface area (Å²) in [6.45, 7) is 0.462. The Morgan fingerprint density at radius 1 is 1.27 bits per heavy atom. The molecule has 2 rings (SSSR count). The molecular formula is C17H16ClNO3. The zero-order valence-corrected chi connectivity index (χ0v) is 12.8. The summed E-state index contributed by atoms with van der Waals surface area (Å²) in [5, 5.41) is 13.5. The molecule has 0 saturated carbocycles. The van der Waals surface area contributed by atoms with E-state index < -0.39 is 5.97 Å². The molecule has 0 unspecified atom stereocenters. The number of halogens is 1. The Hall–Kier alpha value is -2.46. The maximum Gasteiger partial charge on any atom is 0.330 e. The first kappa shape index (κ1) is 15.9. The maximum absolute atomic E-state index is 11.0. The number of phenols is 1. The van der Waals surface area contributed by atoms with Gasteiger partial charge in [-0.2, -0.15) is 0 Å². The third kappa shape index (κ3) is 4.53. The van der Waals surface area contributed by atoms with Gasteiger partial charge in [-0.3, -0.25) is 0 Å². The highest BCUT2D eigenvalue weighted by molar-refractivity contribution is 6.30. The summed E-state index contributed by atoms with van der Waals surface area (Å²) in [5.74, 6) is -0.187. The summed E-state index contributed by atoms with van der Waals surface area (Å²) in [4.78, 5) is 11.0. The van der Waals surface area contributed by atoms with Crippen LogP contribution in [0.1, 0.15) is 11.1 Å². The molecule has 0 radical (unpaired) electrons. The smallest absolute Gasteiger partial charge is 0.330 e. The number of hydrogen-bond donors (Lipinski definition) is 2. The van der Waals surface area contributed by atoms with Gasteiger partial charge in [0.25, 0.3) is 0 Å². The highest BCUT2D eigenvalue weighted by Crippen LogP contribution is 2.22. The first-order valence-electron chi connectivity index (χ1n) is 6.66. The van der Waals surface area contributed by atoms with Gasteiger partial charge in [-0.15, -0.1) is 0 Å².